The molecule has 0 saturated heterocycles. The third kappa shape index (κ3) is 2.80. The number of aldehydes is 1. The van der Waals surface area contributed by atoms with Gasteiger partial charge in [0.1, 0.15) is 17.2 Å². The molecule has 0 bridgehead atoms. The molecule has 1 amide bonds. The number of aromatic nitrogens is 1. The monoisotopic (exact) mass is 274 g/mol. The lowest BCUT2D eigenvalue weighted by Crippen LogP contribution is -2.13. The molecule has 1 heterocycles. The summed E-state index contributed by atoms with van der Waals surface area (Å²) >= 11 is 0. The van der Waals surface area contributed by atoms with Gasteiger partial charge in [0.2, 0.25) is 0 Å². The summed E-state index contributed by atoms with van der Waals surface area (Å²) in [5.41, 5.74) is 1.11. The summed E-state index contributed by atoms with van der Waals surface area (Å²) in [6, 6.07) is 8.14. The first-order chi connectivity index (χ1) is 9.67. The molecule has 0 saturated carbocycles. The minimum Gasteiger partial charge on any atom is -0.497 e. The minimum atomic E-state index is -0.371. The van der Waals surface area contributed by atoms with Crippen LogP contribution in [0.1, 0.15) is 21.0 Å². The predicted octanol–water partition coefficient (Wildman–Crippen LogP) is 2.10. The molecular weight excluding hydrogens is 260 g/mol. The number of carbonyl (C=O) groups is 2. The highest BCUT2D eigenvalue weighted by Crippen LogP contribution is 2.29. The molecule has 0 aliphatic rings. The molecule has 2 N–H and O–H groups in total. The first-order valence-corrected chi connectivity index (χ1v) is 5.85. The fourth-order valence-electron chi connectivity index (χ4n) is 1.71. The van der Waals surface area contributed by atoms with Crippen molar-refractivity contribution in [3.8, 4) is 11.5 Å². The highest BCUT2D eigenvalue weighted by Gasteiger charge is 2.12. The number of ether oxygens (including phenoxy) is 2. The topological polar surface area (TPSA) is 80.4 Å². The van der Waals surface area contributed by atoms with Crippen molar-refractivity contribution in [1.29, 1.82) is 0 Å². The number of aromatic amines is 1. The average molecular weight is 274 g/mol. The smallest absolute Gasteiger partial charge is 0.272 e. The van der Waals surface area contributed by atoms with Gasteiger partial charge in [-0.3, -0.25) is 9.59 Å². The molecule has 2 rings (SSSR count). The summed E-state index contributed by atoms with van der Waals surface area (Å²) in [6.07, 6.45) is 0.642. The van der Waals surface area contributed by atoms with Gasteiger partial charge in [-0.15, -0.1) is 0 Å². The lowest BCUT2D eigenvalue weighted by Gasteiger charge is -2.11. The van der Waals surface area contributed by atoms with Gasteiger partial charge in [-0.05, 0) is 24.3 Å². The third-order valence-corrected chi connectivity index (χ3v) is 2.74. The van der Waals surface area contributed by atoms with E-state index in [1.54, 1.807) is 18.2 Å². The SMILES string of the molecule is COc1ccc(OC)c(NC(=O)c2ccc(C=O)[nH]2)c1. The number of anilines is 1. The highest BCUT2D eigenvalue weighted by atomic mass is 16.5. The Labute approximate surface area is 115 Å². The summed E-state index contributed by atoms with van der Waals surface area (Å²) in [4.78, 5) is 25.3. The van der Waals surface area contributed by atoms with Crippen LogP contribution in [-0.4, -0.2) is 31.4 Å². The highest BCUT2D eigenvalue weighted by molar-refractivity contribution is 6.04. The van der Waals surface area contributed by atoms with Gasteiger partial charge in [0.25, 0.3) is 5.91 Å². The van der Waals surface area contributed by atoms with Crippen LogP contribution in [0.15, 0.2) is 30.3 Å². The van der Waals surface area contributed by atoms with Crippen LogP contribution in [0, 0.1) is 0 Å². The van der Waals surface area contributed by atoms with E-state index in [0.29, 0.717) is 29.2 Å². The maximum absolute atomic E-state index is 12.1. The van der Waals surface area contributed by atoms with Crippen LogP contribution < -0.4 is 14.8 Å². The molecule has 0 radical (unpaired) electrons. The number of benzene rings is 1. The molecule has 0 spiro atoms. The standard InChI is InChI=1S/C14H14N2O4/c1-19-10-4-6-13(20-2)12(7-10)16-14(18)11-5-3-9(8-17)15-11/h3-8,15H,1-2H3,(H,16,18). The van der Waals surface area contributed by atoms with Gasteiger partial charge < -0.3 is 19.8 Å². The van der Waals surface area contributed by atoms with E-state index in [2.05, 4.69) is 10.3 Å². The second-order valence-corrected chi connectivity index (χ2v) is 3.97. The number of methoxy groups -OCH3 is 2. The summed E-state index contributed by atoms with van der Waals surface area (Å²) in [6.45, 7) is 0. The molecule has 6 nitrogen and oxygen atoms in total. The number of hydrogen-bond donors (Lipinski definition) is 2. The van der Waals surface area contributed by atoms with Crippen LogP contribution in [0.5, 0.6) is 11.5 Å². The summed E-state index contributed by atoms with van der Waals surface area (Å²) in [5, 5.41) is 2.70. The van der Waals surface area contributed by atoms with Crippen molar-refractivity contribution in [2.75, 3.05) is 19.5 Å². The quantitative estimate of drug-likeness (QED) is 0.818. The maximum Gasteiger partial charge on any atom is 0.272 e. The second-order valence-electron chi connectivity index (χ2n) is 3.97. The van der Waals surface area contributed by atoms with Gasteiger partial charge in [0.15, 0.2) is 6.29 Å². The van der Waals surface area contributed by atoms with Crippen LogP contribution in [0.4, 0.5) is 5.69 Å². The van der Waals surface area contributed by atoms with Crippen LogP contribution >= 0.6 is 0 Å². The number of amides is 1. The summed E-state index contributed by atoms with van der Waals surface area (Å²) < 4.78 is 10.3. The fourth-order valence-corrected chi connectivity index (χ4v) is 1.71. The zero-order valence-electron chi connectivity index (χ0n) is 11.1. The lowest BCUT2D eigenvalue weighted by molar-refractivity contribution is 0.102. The zero-order valence-corrected chi connectivity index (χ0v) is 11.1. The zero-order chi connectivity index (χ0) is 14.5. The molecule has 0 aliphatic carbocycles. The third-order valence-electron chi connectivity index (χ3n) is 2.74. The molecule has 1 aromatic heterocycles. The number of nitrogens with one attached hydrogen (secondary N) is 2. The molecule has 0 fully saturated rings. The normalized spacial score (nSPS) is 9.90. The van der Waals surface area contributed by atoms with Crippen molar-refractivity contribution in [3.63, 3.8) is 0 Å². The Balaban J connectivity index is 2.24. The van der Waals surface area contributed by atoms with Crippen molar-refractivity contribution in [2.45, 2.75) is 0 Å². The van der Waals surface area contributed by atoms with Crippen LogP contribution in [0.2, 0.25) is 0 Å². The fraction of sp³-hybridized carbons (Fsp3) is 0.143. The van der Waals surface area contributed by atoms with Gasteiger partial charge in [-0.1, -0.05) is 0 Å². The molecule has 104 valence electrons. The van der Waals surface area contributed by atoms with E-state index in [1.807, 2.05) is 0 Å². The predicted molar refractivity (Wildman–Crippen MR) is 73.7 cm³/mol. The number of rotatable bonds is 5. The van der Waals surface area contributed by atoms with Crippen molar-refractivity contribution in [2.24, 2.45) is 0 Å². The molecule has 0 aliphatic heterocycles. The van der Waals surface area contributed by atoms with E-state index >= 15 is 0 Å². The second kappa shape index (κ2) is 5.92. The van der Waals surface area contributed by atoms with E-state index in [-0.39, 0.29) is 11.6 Å². The Hall–Kier alpha value is -2.76. The van der Waals surface area contributed by atoms with Gasteiger partial charge in [0, 0.05) is 6.07 Å². The van der Waals surface area contributed by atoms with E-state index < -0.39 is 0 Å². The first-order valence-electron chi connectivity index (χ1n) is 5.85. The van der Waals surface area contributed by atoms with Crippen LogP contribution in [0.3, 0.4) is 0 Å². The molecule has 0 atom stereocenters. The Morgan fingerprint density at radius 1 is 1.20 bits per heavy atom. The Kier molecular flexibility index (Phi) is 4.05. The lowest BCUT2D eigenvalue weighted by atomic mass is 10.2. The summed E-state index contributed by atoms with van der Waals surface area (Å²) in [5.74, 6) is 0.743. The van der Waals surface area contributed by atoms with Crippen molar-refractivity contribution >= 4 is 17.9 Å². The molecule has 1 aromatic carbocycles. The average Bonchev–Trinajstić information content (AvgIpc) is 2.96. The number of hydrogen-bond acceptors (Lipinski definition) is 4. The van der Waals surface area contributed by atoms with E-state index in [9.17, 15) is 9.59 Å². The summed E-state index contributed by atoms with van der Waals surface area (Å²) in [7, 11) is 3.05. The van der Waals surface area contributed by atoms with Crippen LogP contribution in [-0.2, 0) is 0 Å². The number of H-pyrrole nitrogens is 1. The largest absolute Gasteiger partial charge is 0.497 e. The maximum atomic E-state index is 12.1. The molecular formula is C14H14N2O4. The van der Waals surface area contributed by atoms with Gasteiger partial charge >= 0.3 is 0 Å². The Morgan fingerprint density at radius 2 is 2.00 bits per heavy atom. The van der Waals surface area contributed by atoms with E-state index in [0.717, 1.165) is 0 Å². The Morgan fingerprint density at radius 3 is 2.60 bits per heavy atom. The molecule has 0 unspecified atom stereocenters. The van der Waals surface area contributed by atoms with Gasteiger partial charge in [-0.25, -0.2) is 0 Å². The van der Waals surface area contributed by atoms with Crippen molar-refractivity contribution < 1.29 is 19.1 Å². The van der Waals surface area contributed by atoms with E-state index in [4.69, 9.17) is 9.47 Å². The Bertz CT molecular complexity index is 634. The van der Waals surface area contributed by atoms with Crippen molar-refractivity contribution in [3.05, 3.63) is 41.7 Å². The minimum absolute atomic E-state index is 0.289. The van der Waals surface area contributed by atoms with Crippen molar-refractivity contribution in [1.82, 2.24) is 4.98 Å². The molecule has 2 aromatic rings. The number of carbonyl (C=O) groups excluding carboxylic acids is 2. The first kappa shape index (κ1) is 13.7. The van der Waals surface area contributed by atoms with Crippen LogP contribution in [0.25, 0.3) is 0 Å². The van der Waals surface area contributed by atoms with Gasteiger partial charge in [0.05, 0.1) is 25.6 Å². The van der Waals surface area contributed by atoms with Gasteiger partial charge in [-0.2, -0.15) is 0 Å². The van der Waals surface area contributed by atoms with E-state index in [1.165, 1.54) is 26.4 Å². The molecule has 20 heavy (non-hydrogen) atoms. The molecule has 6 heteroatoms.